The van der Waals surface area contributed by atoms with Crippen LogP contribution in [0, 0.1) is 23.7 Å². The van der Waals surface area contributed by atoms with E-state index in [9.17, 15) is 4.79 Å². The minimum atomic E-state index is 0.169. The summed E-state index contributed by atoms with van der Waals surface area (Å²) >= 11 is 0. The monoisotopic (exact) mass is 222 g/mol. The van der Waals surface area contributed by atoms with Crippen LogP contribution < -0.4 is 0 Å². The van der Waals surface area contributed by atoms with Crippen molar-refractivity contribution < 1.29 is 4.79 Å². The zero-order chi connectivity index (χ0) is 11.4. The van der Waals surface area contributed by atoms with Gasteiger partial charge in [-0.1, -0.05) is 48.6 Å². The van der Waals surface area contributed by atoms with Crippen molar-refractivity contribution >= 4 is 11.4 Å². The van der Waals surface area contributed by atoms with Gasteiger partial charge in [-0.05, 0) is 28.9 Å². The van der Waals surface area contributed by atoms with Crippen molar-refractivity contribution in [2.75, 3.05) is 0 Å². The Morgan fingerprint density at radius 1 is 1.06 bits per heavy atom. The SMILES string of the molecule is O=C1C[C@@H]2C=C[C@@H]3C=C(c4ccccc4)[C@H]1[C@H]32. The molecule has 1 saturated carbocycles. The summed E-state index contributed by atoms with van der Waals surface area (Å²) in [6.07, 6.45) is 7.63. The molecule has 1 aromatic rings. The van der Waals surface area contributed by atoms with E-state index in [4.69, 9.17) is 0 Å². The zero-order valence-electron chi connectivity index (χ0n) is 9.54. The number of hydrogen-bond acceptors (Lipinski definition) is 1. The molecule has 4 rings (SSSR count). The summed E-state index contributed by atoms with van der Waals surface area (Å²) in [7, 11) is 0. The van der Waals surface area contributed by atoms with Gasteiger partial charge in [-0.3, -0.25) is 4.79 Å². The van der Waals surface area contributed by atoms with Crippen LogP contribution in [0.4, 0.5) is 0 Å². The van der Waals surface area contributed by atoms with Crippen molar-refractivity contribution in [2.45, 2.75) is 6.42 Å². The van der Waals surface area contributed by atoms with Gasteiger partial charge < -0.3 is 0 Å². The predicted octanol–water partition coefficient (Wildman–Crippen LogP) is 3.09. The summed E-state index contributed by atoms with van der Waals surface area (Å²) in [5.41, 5.74) is 2.51. The Morgan fingerprint density at radius 2 is 1.88 bits per heavy atom. The van der Waals surface area contributed by atoms with Crippen LogP contribution in [-0.2, 0) is 4.79 Å². The molecule has 0 saturated heterocycles. The number of Topliss-reactive ketones (excluding diaryl/α,β-unsaturated/α-hetero) is 1. The normalized spacial score (nSPS) is 37.4. The van der Waals surface area contributed by atoms with Gasteiger partial charge in [0.2, 0.25) is 0 Å². The highest BCUT2D eigenvalue weighted by Gasteiger charge is 2.51. The Kier molecular flexibility index (Phi) is 1.77. The van der Waals surface area contributed by atoms with Gasteiger partial charge in [-0.2, -0.15) is 0 Å². The molecule has 3 aliphatic rings. The van der Waals surface area contributed by atoms with Gasteiger partial charge in [0.05, 0.1) is 0 Å². The van der Waals surface area contributed by atoms with E-state index >= 15 is 0 Å². The van der Waals surface area contributed by atoms with E-state index in [0.717, 1.165) is 6.42 Å². The number of carbonyl (C=O) groups excluding carboxylic acids is 1. The second kappa shape index (κ2) is 3.19. The smallest absolute Gasteiger partial charge is 0.141 e. The van der Waals surface area contributed by atoms with Crippen LogP contribution in [0.15, 0.2) is 48.6 Å². The molecule has 4 atom stereocenters. The van der Waals surface area contributed by atoms with E-state index in [0.29, 0.717) is 23.5 Å². The highest BCUT2D eigenvalue weighted by atomic mass is 16.1. The second-order valence-electron chi connectivity index (χ2n) is 5.34. The molecule has 0 aliphatic heterocycles. The van der Waals surface area contributed by atoms with Gasteiger partial charge in [0.15, 0.2) is 0 Å². The summed E-state index contributed by atoms with van der Waals surface area (Å²) in [4.78, 5) is 12.2. The lowest BCUT2D eigenvalue weighted by Crippen LogP contribution is -2.15. The van der Waals surface area contributed by atoms with Crippen molar-refractivity contribution in [3.8, 4) is 0 Å². The average molecular weight is 222 g/mol. The maximum Gasteiger partial charge on any atom is 0.141 e. The molecule has 0 amide bonds. The van der Waals surface area contributed by atoms with Crippen LogP contribution in [0.5, 0.6) is 0 Å². The third-order valence-electron chi connectivity index (χ3n) is 4.50. The van der Waals surface area contributed by atoms with E-state index in [1.165, 1.54) is 11.1 Å². The number of hydrogen-bond donors (Lipinski definition) is 0. The molecule has 0 N–H and O–H groups in total. The van der Waals surface area contributed by atoms with Crippen molar-refractivity contribution in [1.29, 1.82) is 0 Å². The Bertz CT molecular complexity index is 538. The van der Waals surface area contributed by atoms with Crippen LogP contribution >= 0.6 is 0 Å². The lowest BCUT2D eigenvalue weighted by Gasteiger charge is -2.15. The highest BCUT2D eigenvalue weighted by molar-refractivity contribution is 5.98. The summed E-state index contributed by atoms with van der Waals surface area (Å²) in [6, 6.07) is 10.4. The average Bonchev–Trinajstić information content (AvgIpc) is 2.98. The lowest BCUT2D eigenvalue weighted by molar-refractivity contribution is -0.119. The first-order chi connectivity index (χ1) is 8.34. The number of ketones is 1. The van der Waals surface area contributed by atoms with Crippen molar-refractivity contribution in [2.24, 2.45) is 23.7 Å². The first-order valence-corrected chi connectivity index (χ1v) is 6.33. The first kappa shape index (κ1) is 9.41. The minimum absolute atomic E-state index is 0.169. The standard InChI is InChI=1S/C16H14O/c17-14-9-12-7-6-11-8-13(16(14)15(11)12)10-4-2-1-3-5-10/h1-8,11-12,15-16H,9H2/t11-,12+,15-,16-/m1/s1. The fourth-order valence-electron chi connectivity index (χ4n) is 3.83. The van der Waals surface area contributed by atoms with Gasteiger partial charge in [-0.25, -0.2) is 0 Å². The number of carbonyl (C=O) groups is 1. The maximum atomic E-state index is 12.2. The summed E-state index contributed by atoms with van der Waals surface area (Å²) in [6.45, 7) is 0. The van der Waals surface area contributed by atoms with E-state index in [1.807, 2.05) is 6.07 Å². The Balaban J connectivity index is 1.83. The largest absolute Gasteiger partial charge is 0.299 e. The zero-order valence-corrected chi connectivity index (χ0v) is 9.54. The molecule has 1 aromatic carbocycles. The van der Waals surface area contributed by atoms with E-state index in [2.05, 4.69) is 42.5 Å². The number of allylic oxidation sites excluding steroid dienone is 4. The molecule has 0 bridgehead atoms. The third-order valence-corrected chi connectivity index (χ3v) is 4.50. The molecule has 0 radical (unpaired) electrons. The molecule has 0 aromatic heterocycles. The fourth-order valence-corrected chi connectivity index (χ4v) is 3.83. The van der Waals surface area contributed by atoms with Crippen molar-refractivity contribution in [1.82, 2.24) is 0 Å². The molecule has 84 valence electrons. The third kappa shape index (κ3) is 1.17. The molecular formula is C16H14O. The quantitative estimate of drug-likeness (QED) is 0.667. The highest BCUT2D eigenvalue weighted by Crippen LogP contribution is 2.55. The lowest BCUT2D eigenvalue weighted by atomic mass is 9.86. The van der Waals surface area contributed by atoms with Crippen molar-refractivity contribution in [3.05, 3.63) is 54.1 Å². The van der Waals surface area contributed by atoms with E-state index in [-0.39, 0.29) is 5.92 Å². The van der Waals surface area contributed by atoms with Crippen LogP contribution in [-0.4, -0.2) is 5.78 Å². The van der Waals surface area contributed by atoms with Crippen molar-refractivity contribution in [3.63, 3.8) is 0 Å². The molecule has 0 spiro atoms. The fraction of sp³-hybridized carbons (Fsp3) is 0.312. The molecule has 1 nitrogen and oxygen atoms in total. The Labute approximate surface area is 101 Å². The summed E-state index contributed by atoms with van der Waals surface area (Å²) < 4.78 is 0. The van der Waals surface area contributed by atoms with Crippen LogP contribution in [0.3, 0.4) is 0 Å². The molecular weight excluding hydrogens is 208 g/mol. The molecule has 0 heterocycles. The predicted molar refractivity (Wildman–Crippen MR) is 67.1 cm³/mol. The topological polar surface area (TPSA) is 17.1 Å². The van der Waals surface area contributed by atoms with Gasteiger partial charge in [-0.15, -0.1) is 0 Å². The van der Waals surface area contributed by atoms with Gasteiger partial charge in [0.25, 0.3) is 0 Å². The van der Waals surface area contributed by atoms with Gasteiger partial charge >= 0.3 is 0 Å². The van der Waals surface area contributed by atoms with E-state index in [1.54, 1.807) is 0 Å². The van der Waals surface area contributed by atoms with E-state index < -0.39 is 0 Å². The van der Waals surface area contributed by atoms with Crippen LogP contribution in [0.2, 0.25) is 0 Å². The molecule has 1 fully saturated rings. The minimum Gasteiger partial charge on any atom is -0.299 e. The molecule has 17 heavy (non-hydrogen) atoms. The van der Waals surface area contributed by atoms with Gasteiger partial charge in [0, 0.05) is 12.3 Å². The Hall–Kier alpha value is -1.63. The summed E-state index contributed by atoms with van der Waals surface area (Å²) in [5, 5.41) is 0. The Morgan fingerprint density at radius 3 is 2.71 bits per heavy atom. The van der Waals surface area contributed by atoms with Crippen LogP contribution in [0.1, 0.15) is 12.0 Å². The van der Waals surface area contributed by atoms with Gasteiger partial charge in [0.1, 0.15) is 5.78 Å². The first-order valence-electron chi connectivity index (χ1n) is 6.33. The molecule has 0 unspecified atom stereocenters. The second-order valence-corrected chi connectivity index (χ2v) is 5.34. The van der Waals surface area contributed by atoms with Crippen LogP contribution in [0.25, 0.3) is 5.57 Å². The maximum absolute atomic E-state index is 12.2. The number of benzene rings is 1. The molecule has 1 heteroatoms. The summed E-state index contributed by atoms with van der Waals surface area (Å²) in [5.74, 6) is 2.17. The molecule has 3 aliphatic carbocycles. The number of rotatable bonds is 1.